The number of fused-ring (bicyclic) bond motifs is 1. The molecule has 0 aromatic heterocycles. The molecule has 136 valence electrons. The highest BCUT2D eigenvalue weighted by Crippen LogP contribution is 2.26. The van der Waals surface area contributed by atoms with Crippen LogP contribution in [0.1, 0.15) is 36.6 Å². The van der Waals surface area contributed by atoms with Gasteiger partial charge in [0.25, 0.3) is 0 Å². The highest BCUT2D eigenvalue weighted by molar-refractivity contribution is 5.90. The summed E-state index contributed by atoms with van der Waals surface area (Å²) in [5.74, 6) is -0.401. The minimum Gasteiger partial charge on any atom is -0.331 e. The summed E-state index contributed by atoms with van der Waals surface area (Å²) in [5.41, 5.74) is 3.78. The van der Waals surface area contributed by atoms with Gasteiger partial charge in [0.1, 0.15) is 5.82 Å². The van der Waals surface area contributed by atoms with Crippen LogP contribution in [0, 0.1) is 5.82 Å². The zero-order chi connectivity index (χ0) is 18.7. The Labute approximate surface area is 152 Å². The van der Waals surface area contributed by atoms with E-state index in [1.807, 2.05) is 25.1 Å². The van der Waals surface area contributed by atoms with Crippen LogP contribution < -0.4 is 10.6 Å². The van der Waals surface area contributed by atoms with Crippen molar-refractivity contribution in [2.45, 2.75) is 32.9 Å². The summed E-state index contributed by atoms with van der Waals surface area (Å²) < 4.78 is 13.0. The van der Waals surface area contributed by atoms with Gasteiger partial charge in [-0.15, -0.1) is 0 Å². The molecule has 0 radical (unpaired) electrons. The Kier molecular flexibility index (Phi) is 5.21. The highest BCUT2D eigenvalue weighted by atomic mass is 19.1. The van der Waals surface area contributed by atoms with Gasteiger partial charge in [0.05, 0.1) is 6.04 Å². The maximum atomic E-state index is 13.0. The molecule has 1 aliphatic heterocycles. The fraction of sp³-hybridized carbons (Fsp3) is 0.300. The summed E-state index contributed by atoms with van der Waals surface area (Å²) in [6, 6.07) is 11.5. The van der Waals surface area contributed by atoms with Gasteiger partial charge < -0.3 is 15.5 Å². The van der Waals surface area contributed by atoms with Crippen molar-refractivity contribution in [3.8, 4) is 0 Å². The smallest absolute Gasteiger partial charge is 0.318 e. The van der Waals surface area contributed by atoms with Crippen molar-refractivity contribution in [1.29, 1.82) is 0 Å². The molecule has 2 N–H and O–H groups in total. The Morgan fingerprint density at radius 2 is 1.88 bits per heavy atom. The first-order valence-electron chi connectivity index (χ1n) is 8.63. The van der Waals surface area contributed by atoms with E-state index in [0.717, 1.165) is 22.4 Å². The van der Waals surface area contributed by atoms with Crippen molar-refractivity contribution in [1.82, 2.24) is 10.2 Å². The van der Waals surface area contributed by atoms with Crippen LogP contribution in [-0.4, -0.2) is 23.4 Å². The van der Waals surface area contributed by atoms with Gasteiger partial charge >= 0.3 is 6.03 Å². The van der Waals surface area contributed by atoms with E-state index < -0.39 is 0 Å². The summed E-state index contributed by atoms with van der Waals surface area (Å²) in [5, 5.41) is 5.80. The number of carbonyl (C=O) groups is 2. The van der Waals surface area contributed by atoms with Gasteiger partial charge in [-0.3, -0.25) is 4.79 Å². The maximum Gasteiger partial charge on any atom is 0.318 e. The second-order valence-electron chi connectivity index (χ2n) is 6.52. The van der Waals surface area contributed by atoms with Crippen LogP contribution in [0.4, 0.5) is 14.9 Å². The second-order valence-corrected chi connectivity index (χ2v) is 6.52. The lowest BCUT2D eigenvalue weighted by molar-refractivity contribution is -0.114. The molecule has 0 bridgehead atoms. The third-order valence-electron chi connectivity index (χ3n) is 4.57. The standard InChI is InChI=1S/C20H22FN3O2/c1-13(15-6-8-17(21)9-7-15)22-20(26)24-11-10-18-16(12-24)4-3-5-19(18)23-14(2)25/h3-9,13H,10-12H2,1-2H3,(H,22,26)(H,23,25). The number of nitrogens with one attached hydrogen (secondary N) is 2. The quantitative estimate of drug-likeness (QED) is 0.883. The van der Waals surface area contributed by atoms with E-state index in [0.29, 0.717) is 19.5 Å². The van der Waals surface area contributed by atoms with Gasteiger partial charge in [-0.1, -0.05) is 24.3 Å². The Balaban J connectivity index is 1.67. The van der Waals surface area contributed by atoms with E-state index in [2.05, 4.69) is 10.6 Å². The Hall–Kier alpha value is -2.89. The van der Waals surface area contributed by atoms with Crippen LogP contribution >= 0.6 is 0 Å². The molecule has 0 fully saturated rings. The SMILES string of the molecule is CC(=O)Nc1cccc2c1CCN(C(=O)NC(C)c1ccc(F)cc1)C2. The van der Waals surface area contributed by atoms with Crippen molar-refractivity contribution >= 4 is 17.6 Å². The topological polar surface area (TPSA) is 61.4 Å². The fourth-order valence-corrected chi connectivity index (χ4v) is 3.20. The first kappa shape index (κ1) is 17.9. The molecule has 2 aromatic rings. The minimum atomic E-state index is -0.296. The predicted molar refractivity (Wildman–Crippen MR) is 98.2 cm³/mol. The number of amides is 3. The minimum absolute atomic E-state index is 0.105. The third-order valence-corrected chi connectivity index (χ3v) is 4.57. The fourth-order valence-electron chi connectivity index (χ4n) is 3.20. The van der Waals surface area contributed by atoms with Crippen LogP contribution in [0.25, 0.3) is 0 Å². The van der Waals surface area contributed by atoms with Gasteiger partial charge in [-0.25, -0.2) is 9.18 Å². The number of carbonyl (C=O) groups excluding carboxylic acids is 2. The van der Waals surface area contributed by atoms with Gasteiger partial charge in [-0.05, 0) is 48.2 Å². The zero-order valence-electron chi connectivity index (χ0n) is 14.9. The molecule has 1 aliphatic rings. The Bertz CT molecular complexity index is 820. The van der Waals surface area contributed by atoms with Gasteiger partial charge in [0.2, 0.25) is 5.91 Å². The molecular weight excluding hydrogens is 333 g/mol. The summed E-state index contributed by atoms with van der Waals surface area (Å²) in [6.07, 6.45) is 0.685. The van der Waals surface area contributed by atoms with Gasteiger partial charge in [0, 0.05) is 25.7 Å². The maximum absolute atomic E-state index is 13.0. The van der Waals surface area contributed by atoms with Crippen molar-refractivity contribution < 1.29 is 14.0 Å². The lowest BCUT2D eigenvalue weighted by Gasteiger charge is -2.31. The summed E-state index contributed by atoms with van der Waals surface area (Å²) in [4.78, 5) is 25.7. The molecule has 3 amide bonds. The van der Waals surface area contributed by atoms with Crippen molar-refractivity contribution in [3.63, 3.8) is 0 Å². The first-order valence-corrected chi connectivity index (χ1v) is 8.63. The molecule has 2 aromatic carbocycles. The number of halogens is 1. The molecule has 3 rings (SSSR count). The largest absolute Gasteiger partial charge is 0.331 e. The van der Waals surface area contributed by atoms with Crippen LogP contribution in [0.15, 0.2) is 42.5 Å². The van der Waals surface area contributed by atoms with E-state index in [1.165, 1.54) is 19.1 Å². The molecule has 1 atom stereocenters. The molecular formula is C20H22FN3O2. The zero-order valence-corrected chi connectivity index (χ0v) is 14.9. The molecule has 5 nitrogen and oxygen atoms in total. The molecule has 6 heteroatoms. The Morgan fingerprint density at radius 1 is 1.15 bits per heavy atom. The number of hydrogen-bond donors (Lipinski definition) is 2. The number of urea groups is 1. The monoisotopic (exact) mass is 355 g/mol. The summed E-state index contributed by atoms with van der Waals surface area (Å²) >= 11 is 0. The van der Waals surface area contributed by atoms with E-state index in [9.17, 15) is 14.0 Å². The van der Waals surface area contributed by atoms with E-state index in [4.69, 9.17) is 0 Å². The van der Waals surface area contributed by atoms with E-state index in [1.54, 1.807) is 17.0 Å². The lowest BCUT2D eigenvalue weighted by Crippen LogP contribution is -2.43. The average Bonchev–Trinajstić information content (AvgIpc) is 2.61. The second kappa shape index (κ2) is 7.56. The van der Waals surface area contributed by atoms with Crippen LogP contribution in [0.2, 0.25) is 0 Å². The molecule has 0 aliphatic carbocycles. The predicted octanol–water partition coefficient (Wildman–Crippen LogP) is 3.61. The molecule has 1 heterocycles. The van der Waals surface area contributed by atoms with Crippen LogP contribution in [-0.2, 0) is 17.8 Å². The normalized spacial score (nSPS) is 14.3. The molecule has 0 spiro atoms. The molecule has 0 saturated carbocycles. The Morgan fingerprint density at radius 3 is 2.58 bits per heavy atom. The third kappa shape index (κ3) is 4.02. The summed E-state index contributed by atoms with van der Waals surface area (Å²) in [7, 11) is 0. The van der Waals surface area contributed by atoms with Crippen molar-refractivity contribution in [2.24, 2.45) is 0 Å². The highest BCUT2D eigenvalue weighted by Gasteiger charge is 2.23. The number of rotatable bonds is 3. The number of nitrogens with zero attached hydrogens (tertiary/aromatic N) is 1. The summed E-state index contributed by atoms with van der Waals surface area (Å²) in [6.45, 7) is 4.42. The number of anilines is 1. The lowest BCUT2D eigenvalue weighted by atomic mass is 9.98. The first-order chi connectivity index (χ1) is 12.4. The van der Waals surface area contributed by atoms with E-state index in [-0.39, 0.29) is 23.8 Å². The van der Waals surface area contributed by atoms with E-state index >= 15 is 0 Å². The molecule has 1 unspecified atom stereocenters. The number of hydrogen-bond acceptors (Lipinski definition) is 2. The van der Waals surface area contributed by atoms with Gasteiger partial charge in [0.15, 0.2) is 0 Å². The van der Waals surface area contributed by atoms with Crippen LogP contribution in [0.3, 0.4) is 0 Å². The van der Waals surface area contributed by atoms with Crippen molar-refractivity contribution in [2.75, 3.05) is 11.9 Å². The molecule has 26 heavy (non-hydrogen) atoms. The average molecular weight is 355 g/mol. The van der Waals surface area contributed by atoms with Gasteiger partial charge in [-0.2, -0.15) is 0 Å². The van der Waals surface area contributed by atoms with Crippen molar-refractivity contribution in [3.05, 3.63) is 65.0 Å². The number of benzene rings is 2. The van der Waals surface area contributed by atoms with Crippen LogP contribution in [0.5, 0.6) is 0 Å². The molecule has 0 saturated heterocycles.